The Labute approximate surface area is 122 Å². The van der Waals surface area contributed by atoms with Crippen LogP contribution in [0, 0.1) is 0 Å². The maximum absolute atomic E-state index is 11.4. The third-order valence-corrected chi connectivity index (χ3v) is 3.16. The van der Waals surface area contributed by atoms with Crippen molar-refractivity contribution in [2.45, 2.75) is 12.3 Å². The van der Waals surface area contributed by atoms with Crippen LogP contribution in [-0.2, 0) is 4.79 Å². The molecule has 1 atom stereocenters. The number of anilines is 3. The first-order chi connectivity index (χ1) is 10.1. The smallest absolute Gasteiger partial charge is 0.311 e. The van der Waals surface area contributed by atoms with Crippen molar-refractivity contribution < 1.29 is 9.90 Å². The highest BCUT2D eigenvalue weighted by Crippen LogP contribution is 2.21. The largest absolute Gasteiger partial charge is 0.481 e. The number of nitrogens with one attached hydrogen (secondary N) is 1. The van der Waals surface area contributed by atoms with Crippen molar-refractivity contribution in [3.05, 3.63) is 48.2 Å². The van der Waals surface area contributed by atoms with Gasteiger partial charge in [0.25, 0.3) is 0 Å². The number of nitrogens with two attached hydrogens (primary N) is 2. The molecule has 6 heteroatoms. The van der Waals surface area contributed by atoms with Gasteiger partial charge in [0.1, 0.15) is 5.82 Å². The van der Waals surface area contributed by atoms with Crippen molar-refractivity contribution in [3.63, 3.8) is 0 Å². The molecule has 0 spiro atoms. The summed E-state index contributed by atoms with van der Waals surface area (Å²) in [5, 5.41) is 12.4. The zero-order valence-electron chi connectivity index (χ0n) is 11.5. The van der Waals surface area contributed by atoms with E-state index < -0.39 is 11.9 Å². The van der Waals surface area contributed by atoms with E-state index in [9.17, 15) is 9.90 Å². The average molecular weight is 286 g/mol. The van der Waals surface area contributed by atoms with Gasteiger partial charge in [0.15, 0.2) is 0 Å². The fourth-order valence-electron chi connectivity index (χ4n) is 2.10. The standard InChI is InChI=1S/C15H18N4O2/c16-11-8-13(17)14(19-9-11)18-7-6-12(15(20)21)10-4-2-1-3-5-10/h1-5,8-9,12H,6-7,16-17H2,(H,18,19)(H,20,21). The van der Waals surface area contributed by atoms with E-state index in [0.717, 1.165) is 5.56 Å². The molecule has 6 nitrogen and oxygen atoms in total. The third-order valence-electron chi connectivity index (χ3n) is 3.16. The molecule has 0 aliphatic rings. The minimum Gasteiger partial charge on any atom is -0.481 e. The van der Waals surface area contributed by atoms with Gasteiger partial charge in [-0.15, -0.1) is 0 Å². The summed E-state index contributed by atoms with van der Waals surface area (Å²) < 4.78 is 0. The van der Waals surface area contributed by atoms with Crippen LogP contribution in [0.15, 0.2) is 42.6 Å². The second-order valence-electron chi connectivity index (χ2n) is 4.72. The van der Waals surface area contributed by atoms with E-state index in [1.807, 2.05) is 30.3 Å². The van der Waals surface area contributed by atoms with E-state index in [1.165, 1.54) is 6.20 Å². The Morgan fingerprint density at radius 1 is 1.29 bits per heavy atom. The highest BCUT2D eigenvalue weighted by Gasteiger charge is 2.19. The molecule has 21 heavy (non-hydrogen) atoms. The number of carboxylic acids is 1. The first kappa shape index (κ1) is 14.6. The van der Waals surface area contributed by atoms with Gasteiger partial charge in [-0.3, -0.25) is 4.79 Å². The number of carbonyl (C=O) groups is 1. The van der Waals surface area contributed by atoms with E-state index in [1.54, 1.807) is 6.07 Å². The van der Waals surface area contributed by atoms with Gasteiger partial charge in [-0.05, 0) is 18.1 Å². The molecule has 0 saturated heterocycles. The van der Waals surface area contributed by atoms with Gasteiger partial charge in [-0.1, -0.05) is 30.3 Å². The van der Waals surface area contributed by atoms with Crippen LogP contribution in [0.2, 0.25) is 0 Å². The molecular formula is C15H18N4O2. The van der Waals surface area contributed by atoms with Crippen LogP contribution in [0.25, 0.3) is 0 Å². The van der Waals surface area contributed by atoms with E-state index in [4.69, 9.17) is 11.5 Å². The topological polar surface area (TPSA) is 114 Å². The van der Waals surface area contributed by atoms with Crippen LogP contribution >= 0.6 is 0 Å². The summed E-state index contributed by atoms with van der Waals surface area (Å²) in [7, 11) is 0. The Bertz CT molecular complexity index is 616. The fourth-order valence-corrected chi connectivity index (χ4v) is 2.10. The van der Waals surface area contributed by atoms with Gasteiger partial charge in [-0.25, -0.2) is 4.98 Å². The third kappa shape index (κ3) is 3.85. The minimum absolute atomic E-state index is 0.435. The number of rotatable bonds is 6. The summed E-state index contributed by atoms with van der Waals surface area (Å²) in [4.78, 5) is 15.5. The molecule has 2 rings (SSSR count). The number of aliphatic carboxylic acids is 1. The lowest BCUT2D eigenvalue weighted by molar-refractivity contribution is -0.138. The van der Waals surface area contributed by atoms with Crippen molar-refractivity contribution in [2.75, 3.05) is 23.3 Å². The molecule has 110 valence electrons. The SMILES string of the molecule is Nc1cnc(NCCC(C(=O)O)c2ccccc2)c(N)c1. The molecule has 0 bridgehead atoms. The zero-order chi connectivity index (χ0) is 15.2. The lowest BCUT2D eigenvalue weighted by atomic mass is 9.96. The number of pyridine rings is 1. The molecule has 1 aromatic heterocycles. The first-order valence-corrected chi connectivity index (χ1v) is 6.60. The highest BCUT2D eigenvalue weighted by atomic mass is 16.4. The zero-order valence-corrected chi connectivity index (χ0v) is 11.5. The Kier molecular flexibility index (Phi) is 4.61. The van der Waals surface area contributed by atoms with Crippen molar-refractivity contribution >= 4 is 23.2 Å². The Balaban J connectivity index is 1.98. The molecule has 1 aromatic carbocycles. The summed E-state index contributed by atoms with van der Waals surface area (Å²) >= 11 is 0. The lowest BCUT2D eigenvalue weighted by Crippen LogP contribution is -2.16. The number of nitrogen functional groups attached to an aromatic ring is 2. The Morgan fingerprint density at radius 2 is 2.00 bits per heavy atom. The number of nitrogens with zero attached hydrogens (tertiary/aromatic N) is 1. The molecule has 0 amide bonds. The highest BCUT2D eigenvalue weighted by molar-refractivity contribution is 5.76. The number of aromatic nitrogens is 1. The number of hydrogen-bond donors (Lipinski definition) is 4. The van der Waals surface area contributed by atoms with Crippen LogP contribution in [0.3, 0.4) is 0 Å². The van der Waals surface area contributed by atoms with E-state index in [0.29, 0.717) is 30.2 Å². The summed E-state index contributed by atoms with van der Waals surface area (Å²) in [6, 6.07) is 10.8. The number of carboxylic acid groups (broad SMARTS) is 1. The lowest BCUT2D eigenvalue weighted by Gasteiger charge is -2.14. The van der Waals surface area contributed by atoms with Gasteiger partial charge in [0, 0.05) is 6.54 Å². The quantitative estimate of drug-likeness (QED) is 0.645. The van der Waals surface area contributed by atoms with E-state index >= 15 is 0 Å². The molecule has 0 fully saturated rings. The summed E-state index contributed by atoms with van der Waals surface area (Å²) in [5.41, 5.74) is 13.1. The molecular weight excluding hydrogens is 268 g/mol. The van der Waals surface area contributed by atoms with Crippen LogP contribution < -0.4 is 16.8 Å². The van der Waals surface area contributed by atoms with Gasteiger partial charge in [0.2, 0.25) is 0 Å². The monoisotopic (exact) mass is 286 g/mol. The van der Waals surface area contributed by atoms with Gasteiger partial charge >= 0.3 is 5.97 Å². The summed E-state index contributed by atoms with van der Waals surface area (Å²) in [5.74, 6) is -0.892. The van der Waals surface area contributed by atoms with Crippen molar-refractivity contribution in [3.8, 4) is 0 Å². The molecule has 6 N–H and O–H groups in total. The van der Waals surface area contributed by atoms with Crippen LogP contribution in [0.4, 0.5) is 17.2 Å². The van der Waals surface area contributed by atoms with E-state index in [-0.39, 0.29) is 0 Å². The van der Waals surface area contributed by atoms with Crippen molar-refractivity contribution in [1.82, 2.24) is 4.98 Å². The predicted molar refractivity (Wildman–Crippen MR) is 83.0 cm³/mol. The van der Waals surface area contributed by atoms with Crippen LogP contribution in [0.5, 0.6) is 0 Å². The molecule has 0 aliphatic heterocycles. The number of hydrogen-bond acceptors (Lipinski definition) is 5. The Hall–Kier alpha value is -2.76. The maximum Gasteiger partial charge on any atom is 0.311 e. The molecule has 1 heterocycles. The minimum atomic E-state index is -0.846. The first-order valence-electron chi connectivity index (χ1n) is 6.60. The normalized spacial score (nSPS) is 11.8. The summed E-state index contributed by atoms with van der Waals surface area (Å²) in [6.07, 6.45) is 1.94. The number of benzene rings is 1. The van der Waals surface area contributed by atoms with Crippen molar-refractivity contribution in [1.29, 1.82) is 0 Å². The fraction of sp³-hybridized carbons (Fsp3) is 0.200. The van der Waals surface area contributed by atoms with Gasteiger partial charge in [-0.2, -0.15) is 0 Å². The molecule has 0 aliphatic carbocycles. The second-order valence-corrected chi connectivity index (χ2v) is 4.72. The van der Waals surface area contributed by atoms with Gasteiger partial charge in [0.05, 0.1) is 23.5 Å². The average Bonchev–Trinajstić information content (AvgIpc) is 2.46. The Morgan fingerprint density at radius 3 is 2.62 bits per heavy atom. The van der Waals surface area contributed by atoms with Crippen molar-refractivity contribution in [2.24, 2.45) is 0 Å². The van der Waals surface area contributed by atoms with Gasteiger partial charge < -0.3 is 21.9 Å². The van der Waals surface area contributed by atoms with Crippen LogP contribution in [0.1, 0.15) is 17.9 Å². The predicted octanol–water partition coefficient (Wildman–Crippen LogP) is 1.92. The molecule has 0 radical (unpaired) electrons. The summed E-state index contributed by atoms with van der Waals surface area (Å²) in [6.45, 7) is 0.451. The molecule has 0 saturated carbocycles. The molecule has 2 aromatic rings. The second kappa shape index (κ2) is 6.60. The maximum atomic E-state index is 11.4. The molecule has 1 unspecified atom stereocenters. The van der Waals surface area contributed by atoms with E-state index in [2.05, 4.69) is 10.3 Å². The van der Waals surface area contributed by atoms with Crippen LogP contribution in [-0.4, -0.2) is 22.6 Å².